The zero-order chi connectivity index (χ0) is 18.6. The highest BCUT2D eigenvalue weighted by molar-refractivity contribution is 5.94. The van der Waals surface area contributed by atoms with Crippen LogP contribution in [-0.4, -0.2) is 56.4 Å². The van der Waals surface area contributed by atoms with E-state index < -0.39 is 0 Å². The van der Waals surface area contributed by atoms with Crippen molar-refractivity contribution >= 4 is 17.8 Å². The van der Waals surface area contributed by atoms with Crippen molar-refractivity contribution < 1.29 is 9.59 Å². The van der Waals surface area contributed by atoms with Crippen molar-refractivity contribution in [2.75, 3.05) is 33.7 Å². The molecule has 2 fully saturated rings. The second-order valence-electron chi connectivity index (χ2n) is 7.16. The Morgan fingerprint density at radius 3 is 2.96 bits per heavy atom. The lowest BCUT2D eigenvalue weighted by atomic mass is 9.79. The van der Waals surface area contributed by atoms with Gasteiger partial charge in [-0.2, -0.15) is 0 Å². The third-order valence-corrected chi connectivity index (χ3v) is 5.24. The van der Waals surface area contributed by atoms with E-state index in [2.05, 4.69) is 25.8 Å². The van der Waals surface area contributed by atoms with Crippen LogP contribution in [0.15, 0.2) is 29.3 Å². The van der Waals surface area contributed by atoms with Gasteiger partial charge >= 0.3 is 0 Å². The fourth-order valence-corrected chi connectivity index (χ4v) is 3.91. The summed E-state index contributed by atoms with van der Waals surface area (Å²) in [4.78, 5) is 30.1. The maximum absolute atomic E-state index is 11.8. The first kappa shape index (κ1) is 18.2. The SMILES string of the molecule is CN=C(NCc1cccc(C(=O)NC)c1)N1CCCC2(CNC(=O)C2)C1. The molecule has 7 nitrogen and oxygen atoms in total. The van der Waals surface area contributed by atoms with E-state index in [1.54, 1.807) is 20.2 Å². The normalized spacial score (nSPS) is 23.1. The monoisotopic (exact) mass is 357 g/mol. The molecule has 0 radical (unpaired) electrons. The number of piperidine rings is 1. The van der Waals surface area contributed by atoms with Gasteiger partial charge in [0.15, 0.2) is 5.96 Å². The first-order valence-electron chi connectivity index (χ1n) is 9.08. The minimum absolute atomic E-state index is 0.0338. The highest BCUT2D eigenvalue weighted by Gasteiger charge is 2.42. The van der Waals surface area contributed by atoms with E-state index in [0.717, 1.165) is 44.0 Å². The highest BCUT2D eigenvalue weighted by Crippen LogP contribution is 2.35. The zero-order valence-electron chi connectivity index (χ0n) is 15.5. The fraction of sp³-hybridized carbons (Fsp3) is 0.526. The number of hydrogen-bond donors (Lipinski definition) is 3. The molecule has 0 bridgehead atoms. The Kier molecular flexibility index (Phi) is 5.44. The van der Waals surface area contributed by atoms with Crippen LogP contribution in [0.5, 0.6) is 0 Å². The number of amides is 2. The summed E-state index contributed by atoms with van der Waals surface area (Å²) >= 11 is 0. The Labute approximate surface area is 154 Å². The van der Waals surface area contributed by atoms with Crippen LogP contribution in [0.2, 0.25) is 0 Å². The Balaban J connectivity index is 1.63. The molecule has 1 aromatic rings. The molecular formula is C19H27N5O2. The second kappa shape index (κ2) is 7.76. The molecule has 2 amide bonds. The third kappa shape index (κ3) is 3.98. The molecule has 0 aliphatic carbocycles. The fourth-order valence-electron chi connectivity index (χ4n) is 3.91. The molecule has 7 heteroatoms. The summed E-state index contributed by atoms with van der Waals surface area (Å²) in [6.07, 6.45) is 2.74. The van der Waals surface area contributed by atoms with E-state index in [0.29, 0.717) is 18.5 Å². The first-order chi connectivity index (χ1) is 12.5. The average molecular weight is 357 g/mol. The average Bonchev–Trinajstić information content (AvgIpc) is 3.01. The summed E-state index contributed by atoms with van der Waals surface area (Å²) in [6, 6.07) is 7.56. The van der Waals surface area contributed by atoms with Gasteiger partial charge < -0.3 is 20.9 Å². The van der Waals surface area contributed by atoms with Gasteiger partial charge in [-0.05, 0) is 30.5 Å². The number of carbonyl (C=O) groups is 2. The molecule has 1 aromatic carbocycles. The Bertz CT molecular complexity index is 718. The van der Waals surface area contributed by atoms with Gasteiger partial charge in [-0.1, -0.05) is 12.1 Å². The molecule has 26 heavy (non-hydrogen) atoms. The summed E-state index contributed by atoms with van der Waals surface area (Å²) in [6.45, 7) is 3.13. The van der Waals surface area contributed by atoms with Gasteiger partial charge in [-0.15, -0.1) is 0 Å². The Hall–Kier alpha value is -2.57. The number of aliphatic imine (C=N–C) groups is 1. The molecule has 3 rings (SSSR count). The van der Waals surface area contributed by atoms with E-state index in [1.165, 1.54) is 0 Å². The lowest BCUT2D eigenvalue weighted by Gasteiger charge is -2.40. The van der Waals surface area contributed by atoms with Crippen LogP contribution in [0.4, 0.5) is 0 Å². The lowest BCUT2D eigenvalue weighted by Crippen LogP contribution is -2.51. The van der Waals surface area contributed by atoms with Gasteiger partial charge in [0.2, 0.25) is 5.91 Å². The smallest absolute Gasteiger partial charge is 0.251 e. The largest absolute Gasteiger partial charge is 0.355 e. The molecule has 1 atom stereocenters. The van der Waals surface area contributed by atoms with Gasteiger partial charge in [0.25, 0.3) is 5.91 Å². The Morgan fingerprint density at radius 1 is 1.42 bits per heavy atom. The molecule has 0 aromatic heterocycles. The molecular weight excluding hydrogens is 330 g/mol. The summed E-state index contributed by atoms with van der Waals surface area (Å²) in [7, 11) is 3.41. The third-order valence-electron chi connectivity index (χ3n) is 5.24. The lowest BCUT2D eigenvalue weighted by molar-refractivity contribution is -0.119. The van der Waals surface area contributed by atoms with E-state index >= 15 is 0 Å². The molecule has 3 N–H and O–H groups in total. The number of nitrogens with zero attached hydrogens (tertiary/aromatic N) is 2. The molecule has 2 aliphatic heterocycles. The number of nitrogens with one attached hydrogen (secondary N) is 3. The van der Waals surface area contributed by atoms with Crippen molar-refractivity contribution in [3.63, 3.8) is 0 Å². The highest BCUT2D eigenvalue weighted by atomic mass is 16.2. The molecule has 2 aliphatic rings. The van der Waals surface area contributed by atoms with Crippen molar-refractivity contribution in [1.29, 1.82) is 0 Å². The number of likely N-dealkylation sites (tertiary alicyclic amines) is 1. The van der Waals surface area contributed by atoms with Crippen molar-refractivity contribution in [3.8, 4) is 0 Å². The van der Waals surface area contributed by atoms with Crippen LogP contribution in [0.25, 0.3) is 0 Å². The van der Waals surface area contributed by atoms with Gasteiger partial charge in [-0.3, -0.25) is 14.6 Å². The van der Waals surface area contributed by atoms with Gasteiger partial charge in [0.1, 0.15) is 0 Å². The number of rotatable bonds is 3. The molecule has 2 heterocycles. The zero-order valence-corrected chi connectivity index (χ0v) is 15.5. The van der Waals surface area contributed by atoms with E-state index in [9.17, 15) is 9.59 Å². The predicted octanol–water partition coefficient (Wildman–Crippen LogP) is 0.724. The van der Waals surface area contributed by atoms with E-state index in [-0.39, 0.29) is 17.2 Å². The maximum Gasteiger partial charge on any atom is 0.251 e. The molecule has 1 unspecified atom stereocenters. The Morgan fingerprint density at radius 2 is 2.27 bits per heavy atom. The minimum atomic E-state index is -0.0902. The summed E-state index contributed by atoms with van der Waals surface area (Å²) in [5.74, 6) is 0.905. The minimum Gasteiger partial charge on any atom is -0.355 e. The summed E-state index contributed by atoms with van der Waals surface area (Å²) < 4.78 is 0. The van der Waals surface area contributed by atoms with Gasteiger partial charge in [0, 0.05) is 57.7 Å². The molecule has 1 spiro atoms. The topological polar surface area (TPSA) is 85.8 Å². The predicted molar refractivity (Wildman–Crippen MR) is 101 cm³/mol. The van der Waals surface area contributed by atoms with Crippen molar-refractivity contribution in [1.82, 2.24) is 20.9 Å². The molecule has 2 saturated heterocycles. The summed E-state index contributed by atoms with van der Waals surface area (Å²) in [5.41, 5.74) is 1.71. The number of hydrogen-bond acceptors (Lipinski definition) is 3. The van der Waals surface area contributed by atoms with Crippen LogP contribution in [-0.2, 0) is 11.3 Å². The van der Waals surface area contributed by atoms with Gasteiger partial charge in [0.05, 0.1) is 0 Å². The van der Waals surface area contributed by atoms with Crippen molar-refractivity contribution in [2.45, 2.75) is 25.8 Å². The number of carbonyl (C=O) groups excluding carboxylic acids is 2. The molecule has 140 valence electrons. The van der Waals surface area contributed by atoms with Crippen LogP contribution in [0, 0.1) is 5.41 Å². The van der Waals surface area contributed by atoms with Crippen LogP contribution in [0.3, 0.4) is 0 Å². The maximum atomic E-state index is 11.8. The van der Waals surface area contributed by atoms with Crippen molar-refractivity contribution in [3.05, 3.63) is 35.4 Å². The number of benzene rings is 1. The van der Waals surface area contributed by atoms with E-state index in [1.807, 2.05) is 18.2 Å². The number of guanidine groups is 1. The van der Waals surface area contributed by atoms with Crippen molar-refractivity contribution in [2.24, 2.45) is 10.4 Å². The molecule has 0 saturated carbocycles. The van der Waals surface area contributed by atoms with Gasteiger partial charge in [-0.25, -0.2) is 0 Å². The van der Waals surface area contributed by atoms with Crippen LogP contribution < -0.4 is 16.0 Å². The van der Waals surface area contributed by atoms with E-state index in [4.69, 9.17) is 0 Å². The second-order valence-corrected chi connectivity index (χ2v) is 7.16. The quantitative estimate of drug-likeness (QED) is 0.550. The van der Waals surface area contributed by atoms with Crippen LogP contribution in [0.1, 0.15) is 35.2 Å². The van der Waals surface area contributed by atoms with Crippen LogP contribution >= 0.6 is 0 Å². The first-order valence-corrected chi connectivity index (χ1v) is 9.08. The summed E-state index contributed by atoms with van der Waals surface area (Å²) in [5, 5.41) is 9.01. The standard InChI is InChI=1S/C19H27N5O2/c1-20-17(26)15-6-3-5-14(9-15)11-22-18(21-2)24-8-4-7-19(13-24)10-16(25)23-12-19/h3,5-6,9H,4,7-8,10-13H2,1-2H3,(H,20,26)(H,21,22)(H,23,25).